The summed E-state index contributed by atoms with van der Waals surface area (Å²) in [5.41, 5.74) is 0. The fraction of sp³-hybridized carbons (Fsp3) is 0.125. The van der Waals surface area contributed by atoms with Crippen molar-refractivity contribution in [2.75, 3.05) is 6.26 Å². The molecule has 0 fully saturated rings. The van der Waals surface area contributed by atoms with Gasteiger partial charge in [0.2, 0.25) is 4.38 Å². The van der Waals surface area contributed by atoms with Crippen LogP contribution in [0, 0.1) is 0 Å². The lowest BCUT2D eigenvalue weighted by molar-refractivity contribution is 0.579. The van der Waals surface area contributed by atoms with E-state index in [0.29, 0.717) is 4.38 Å². The molecule has 0 aliphatic rings. The average Bonchev–Trinajstić information content (AvgIpc) is 2.09. The Kier molecular flexibility index (Phi) is 4.05. The zero-order chi connectivity index (χ0) is 8.97. The maximum atomic E-state index is 5.29. The predicted molar refractivity (Wildman–Crippen MR) is 60.9 cm³/mol. The molecule has 0 aliphatic heterocycles. The standard InChI is InChI=1S/C8H7BrOS2/c1-12-8(11)10-7-4-2-6(9)3-5-7/h2-5H,1H3. The van der Waals surface area contributed by atoms with Gasteiger partial charge in [-0.1, -0.05) is 27.7 Å². The Morgan fingerprint density at radius 2 is 2.00 bits per heavy atom. The number of hydrogen-bond acceptors (Lipinski definition) is 3. The van der Waals surface area contributed by atoms with E-state index in [4.69, 9.17) is 17.0 Å². The van der Waals surface area contributed by atoms with E-state index in [-0.39, 0.29) is 0 Å². The molecule has 0 spiro atoms. The van der Waals surface area contributed by atoms with Gasteiger partial charge in [-0.05, 0) is 42.7 Å². The molecule has 0 N–H and O–H groups in total. The third-order valence-electron chi connectivity index (χ3n) is 1.18. The number of hydrogen-bond donors (Lipinski definition) is 0. The molecule has 0 amide bonds. The van der Waals surface area contributed by atoms with Crippen molar-refractivity contribution >= 4 is 44.3 Å². The Bertz CT molecular complexity index is 271. The molecule has 0 aromatic heterocycles. The summed E-state index contributed by atoms with van der Waals surface area (Å²) in [5, 5.41) is 0. The van der Waals surface area contributed by atoms with E-state index in [2.05, 4.69) is 15.9 Å². The third kappa shape index (κ3) is 3.13. The topological polar surface area (TPSA) is 9.23 Å². The van der Waals surface area contributed by atoms with Gasteiger partial charge in [0.05, 0.1) is 0 Å². The third-order valence-corrected chi connectivity index (χ3v) is 2.71. The zero-order valence-corrected chi connectivity index (χ0v) is 9.63. The first-order chi connectivity index (χ1) is 5.72. The van der Waals surface area contributed by atoms with Gasteiger partial charge in [0.1, 0.15) is 5.75 Å². The summed E-state index contributed by atoms with van der Waals surface area (Å²) < 4.78 is 6.86. The molecule has 64 valence electrons. The Hall–Kier alpha value is -0.0600. The van der Waals surface area contributed by atoms with Gasteiger partial charge in [0.15, 0.2) is 0 Å². The SMILES string of the molecule is CSC(=S)Oc1ccc(Br)cc1. The van der Waals surface area contributed by atoms with Crippen LogP contribution in [0.1, 0.15) is 0 Å². The quantitative estimate of drug-likeness (QED) is 0.718. The van der Waals surface area contributed by atoms with Crippen molar-refractivity contribution in [2.24, 2.45) is 0 Å². The second-order valence-corrected chi connectivity index (χ2v) is 4.33. The number of thiocarbonyl (C=S) groups is 1. The van der Waals surface area contributed by atoms with Crippen LogP contribution in [0.3, 0.4) is 0 Å². The maximum Gasteiger partial charge on any atom is 0.225 e. The lowest BCUT2D eigenvalue weighted by Crippen LogP contribution is -1.98. The van der Waals surface area contributed by atoms with Crippen LogP contribution in [-0.4, -0.2) is 10.6 Å². The minimum atomic E-state index is 0.539. The smallest absolute Gasteiger partial charge is 0.225 e. The van der Waals surface area contributed by atoms with Gasteiger partial charge < -0.3 is 4.74 Å². The van der Waals surface area contributed by atoms with Gasteiger partial charge in [-0.15, -0.1) is 0 Å². The zero-order valence-electron chi connectivity index (χ0n) is 6.41. The summed E-state index contributed by atoms with van der Waals surface area (Å²) in [6, 6.07) is 7.57. The molecule has 0 saturated heterocycles. The van der Waals surface area contributed by atoms with E-state index in [0.717, 1.165) is 10.2 Å². The van der Waals surface area contributed by atoms with Crippen LogP contribution in [0.4, 0.5) is 0 Å². The van der Waals surface area contributed by atoms with Crippen LogP contribution >= 0.6 is 39.9 Å². The molecule has 0 unspecified atom stereocenters. The van der Waals surface area contributed by atoms with Crippen LogP contribution < -0.4 is 4.74 Å². The molecule has 0 heterocycles. The summed E-state index contributed by atoms with van der Waals surface area (Å²) in [6.45, 7) is 0. The predicted octanol–water partition coefficient (Wildman–Crippen LogP) is 3.48. The van der Waals surface area contributed by atoms with Crippen LogP contribution in [0.2, 0.25) is 0 Å². The molecule has 1 nitrogen and oxygen atoms in total. The number of rotatable bonds is 1. The van der Waals surface area contributed by atoms with Crippen molar-refractivity contribution in [3.05, 3.63) is 28.7 Å². The van der Waals surface area contributed by atoms with E-state index < -0.39 is 0 Å². The minimum Gasteiger partial charge on any atom is -0.440 e. The van der Waals surface area contributed by atoms with Gasteiger partial charge in [-0.25, -0.2) is 0 Å². The van der Waals surface area contributed by atoms with E-state index >= 15 is 0 Å². The van der Waals surface area contributed by atoms with E-state index in [1.165, 1.54) is 11.8 Å². The van der Waals surface area contributed by atoms with Gasteiger partial charge in [0.25, 0.3) is 0 Å². The minimum absolute atomic E-state index is 0.539. The summed E-state index contributed by atoms with van der Waals surface area (Å²) >= 11 is 9.66. The molecule has 1 aromatic carbocycles. The van der Waals surface area contributed by atoms with Crippen molar-refractivity contribution in [3.8, 4) is 5.75 Å². The van der Waals surface area contributed by atoms with E-state index in [9.17, 15) is 0 Å². The highest BCUT2D eigenvalue weighted by atomic mass is 79.9. The fourth-order valence-electron chi connectivity index (χ4n) is 0.641. The number of thioether (sulfide) groups is 1. The van der Waals surface area contributed by atoms with Crippen molar-refractivity contribution < 1.29 is 4.74 Å². The fourth-order valence-corrected chi connectivity index (χ4v) is 1.18. The van der Waals surface area contributed by atoms with Crippen molar-refractivity contribution in [1.29, 1.82) is 0 Å². The molecule has 1 aromatic rings. The van der Waals surface area contributed by atoms with Gasteiger partial charge in [-0.2, -0.15) is 0 Å². The molecule has 0 saturated carbocycles. The first-order valence-electron chi connectivity index (χ1n) is 3.24. The molecule has 0 bridgehead atoms. The number of ether oxygens (including phenoxy) is 1. The molecule has 0 radical (unpaired) electrons. The molecule has 4 heteroatoms. The van der Waals surface area contributed by atoms with Crippen molar-refractivity contribution in [2.45, 2.75) is 0 Å². The Morgan fingerprint density at radius 3 is 2.50 bits per heavy atom. The average molecular weight is 263 g/mol. The lowest BCUT2D eigenvalue weighted by Gasteiger charge is -2.03. The normalized spacial score (nSPS) is 9.50. The van der Waals surface area contributed by atoms with Crippen LogP contribution in [0.5, 0.6) is 5.75 Å². The molecule has 0 aliphatic carbocycles. The van der Waals surface area contributed by atoms with Gasteiger partial charge in [0, 0.05) is 4.47 Å². The highest BCUT2D eigenvalue weighted by Crippen LogP contribution is 2.17. The van der Waals surface area contributed by atoms with Crippen LogP contribution in [0.15, 0.2) is 28.7 Å². The molecular formula is C8H7BrOS2. The highest BCUT2D eigenvalue weighted by molar-refractivity contribution is 9.10. The number of halogens is 1. The van der Waals surface area contributed by atoms with Crippen molar-refractivity contribution in [3.63, 3.8) is 0 Å². The molecule has 0 atom stereocenters. The Morgan fingerprint density at radius 1 is 1.42 bits per heavy atom. The van der Waals surface area contributed by atoms with E-state index in [1.807, 2.05) is 30.5 Å². The molecule has 1 rings (SSSR count). The van der Waals surface area contributed by atoms with E-state index in [1.54, 1.807) is 0 Å². The number of benzene rings is 1. The van der Waals surface area contributed by atoms with Crippen molar-refractivity contribution in [1.82, 2.24) is 0 Å². The molecular weight excluding hydrogens is 256 g/mol. The summed E-state index contributed by atoms with van der Waals surface area (Å²) in [6.07, 6.45) is 1.89. The summed E-state index contributed by atoms with van der Waals surface area (Å²) in [4.78, 5) is 0. The van der Waals surface area contributed by atoms with Crippen LogP contribution in [0.25, 0.3) is 0 Å². The first kappa shape index (κ1) is 10.0. The molecule has 12 heavy (non-hydrogen) atoms. The summed E-state index contributed by atoms with van der Waals surface area (Å²) in [7, 11) is 0. The highest BCUT2D eigenvalue weighted by Gasteiger charge is 1.96. The lowest BCUT2D eigenvalue weighted by atomic mass is 10.3. The largest absolute Gasteiger partial charge is 0.440 e. The second-order valence-electron chi connectivity index (χ2n) is 2.01. The first-order valence-corrected chi connectivity index (χ1v) is 5.66. The second kappa shape index (κ2) is 4.84. The van der Waals surface area contributed by atoms with Gasteiger partial charge >= 0.3 is 0 Å². The monoisotopic (exact) mass is 262 g/mol. The Balaban J connectivity index is 2.64. The maximum absolute atomic E-state index is 5.29. The van der Waals surface area contributed by atoms with Gasteiger partial charge in [-0.3, -0.25) is 0 Å². The Labute approximate surface area is 89.6 Å². The van der Waals surface area contributed by atoms with Crippen LogP contribution in [-0.2, 0) is 0 Å². The summed E-state index contributed by atoms with van der Waals surface area (Å²) in [5.74, 6) is 0.776.